The van der Waals surface area contributed by atoms with E-state index in [1.807, 2.05) is 36.9 Å². The monoisotopic (exact) mass is 537 g/mol. The first kappa shape index (κ1) is 28.3. The third kappa shape index (κ3) is 6.85. The minimum atomic E-state index is -0.287. The van der Waals surface area contributed by atoms with Gasteiger partial charge in [-0.15, -0.1) is 0 Å². The van der Waals surface area contributed by atoms with E-state index in [4.69, 9.17) is 4.74 Å². The van der Waals surface area contributed by atoms with Crippen LogP contribution in [0.25, 0.3) is 0 Å². The Balaban J connectivity index is 1.35. The normalized spacial score (nSPS) is 16.0. The Kier molecular flexibility index (Phi) is 9.37. The van der Waals surface area contributed by atoms with Gasteiger partial charge in [0.1, 0.15) is 5.69 Å². The van der Waals surface area contributed by atoms with Crippen LogP contribution in [0.3, 0.4) is 0 Å². The first-order valence-electron chi connectivity index (χ1n) is 14.0. The highest BCUT2D eigenvalue weighted by Gasteiger charge is 2.30. The van der Waals surface area contributed by atoms with Crippen molar-refractivity contribution in [3.05, 3.63) is 52.8 Å². The Morgan fingerprint density at radius 2 is 1.85 bits per heavy atom. The summed E-state index contributed by atoms with van der Waals surface area (Å²) in [6.07, 6.45) is 2.13. The predicted molar refractivity (Wildman–Crippen MR) is 145 cm³/mol. The molecule has 3 heterocycles. The average Bonchev–Trinajstić information content (AvgIpc) is 3.30. The van der Waals surface area contributed by atoms with Crippen molar-refractivity contribution in [1.29, 1.82) is 0 Å². The van der Waals surface area contributed by atoms with E-state index in [0.29, 0.717) is 64.4 Å². The fourth-order valence-corrected chi connectivity index (χ4v) is 5.30. The molecule has 1 saturated heterocycles. The predicted octanol–water partition coefficient (Wildman–Crippen LogP) is 2.89. The largest absolute Gasteiger partial charge is 0.466 e. The number of fused-ring (bicyclic) bond motifs is 1. The summed E-state index contributed by atoms with van der Waals surface area (Å²) >= 11 is 0. The lowest BCUT2D eigenvalue weighted by Crippen LogP contribution is -2.42. The highest BCUT2D eigenvalue weighted by Crippen LogP contribution is 2.20. The van der Waals surface area contributed by atoms with E-state index >= 15 is 0 Å². The molecule has 0 radical (unpaired) electrons. The van der Waals surface area contributed by atoms with Gasteiger partial charge in [-0.25, -0.2) is 0 Å². The summed E-state index contributed by atoms with van der Waals surface area (Å²) in [4.78, 5) is 56.6. The molecule has 4 rings (SSSR count). The number of esters is 1. The van der Waals surface area contributed by atoms with E-state index in [2.05, 4.69) is 11.2 Å². The van der Waals surface area contributed by atoms with Crippen LogP contribution in [0.1, 0.15) is 71.6 Å². The molecule has 0 bridgehead atoms. The number of likely N-dealkylation sites (tertiary alicyclic amines) is 1. The van der Waals surface area contributed by atoms with Crippen LogP contribution in [0.15, 0.2) is 30.3 Å². The molecule has 10 heteroatoms. The number of hydrogen-bond acceptors (Lipinski definition) is 6. The molecular weight excluding hydrogens is 498 g/mol. The lowest BCUT2D eigenvalue weighted by atomic mass is 9.97. The second kappa shape index (κ2) is 12.9. The van der Waals surface area contributed by atoms with Crippen molar-refractivity contribution in [2.45, 2.75) is 59.5 Å². The first-order valence-corrected chi connectivity index (χ1v) is 14.0. The molecule has 0 spiro atoms. The number of hydrogen-bond donors (Lipinski definition) is 0. The van der Waals surface area contributed by atoms with Gasteiger partial charge in [0.2, 0.25) is 5.91 Å². The minimum Gasteiger partial charge on any atom is -0.466 e. The molecule has 2 aliphatic heterocycles. The number of aromatic nitrogens is 2. The maximum absolute atomic E-state index is 13.4. The van der Waals surface area contributed by atoms with Crippen molar-refractivity contribution < 1.29 is 23.9 Å². The van der Waals surface area contributed by atoms with Crippen LogP contribution in [-0.2, 0) is 27.4 Å². The Hall–Kier alpha value is -3.69. The van der Waals surface area contributed by atoms with Gasteiger partial charge in [0.05, 0.1) is 12.5 Å². The summed E-state index contributed by atoms with van der Waals surface area (Å²) in [5.41, 5.74) is 2.85. The molecule has 210 valence electrons. The quantitative estimate of drug-likeness (QED) is 0.456. The maximum atomic E-state index is 13.4. The van der Waals surface area contributed by atoms with Gasteiger partial charge in [0, 0.05) is 58.3 Å². The zero-order valence-electron chi connectivity index (χ0n) is 23.2. The van der Waals surface area contributed by atoms with Crippen LogP contribution in [0.5, 0.6) is 0 Å². The van der Waals surface area contributed by atoms with Gasteiger partial charge in [-0.3, -0.25) is 23.9 Å². The molecular formula is C29H39N5O5. The molecule has 39 heavy (non-hydrogen) atoms. The molecule has 10 nitrogen and oxygen atoms in total. The van der Waals surface area contributed by atoms with Crippen molar-refractivity contribution in [1.82, 2.24) is 24.5 Å². The van der Waals surface area contributed by atoms with E-state index in [0.717, 1.165) is 17.5 Å². The van der Waals surface area contributed by atoms with E-state index in [9.17, 15) is 19.2 Å². The van der Waals surface area contributed by atoms with E-state index in [1.165, 1.54) is 0 Å². The van der Waals surface area contributed by atoms with E-state index in [1.54, 1.807) is 27.5 Å². The topological polar surface area (TPSA) is 105 Å². The van der Waals surface area contributed by atoms with E-state index in [-0.39, 0.29) is 48.3 Å². The number of nitrogens with zero attached hydrogens (tertiary/aromatic N) is 5. The van der Waals surface area contributed by atoms with Crippen molar-refractivity contribution >= 4 is 23.7 Å². The number of carbonyl (C=O) groups is 4. The molecule has 1 aromatic heterocycles. The molecule has 0 aliphatic carbocycles. The molecule has 0 unspecified atom stereocenters. The summed E-state index contributed by atoms with van der Waals surface area (Å²) < 4.78 is 6.74. The third-order valence-corrected chi connectivity index (χ3v) is 7.49. The van der Waals surface area contributed by atoms with Gasteiger partial charge in [0.15, 0.2) is 5.69 Å². The summed E-state index contributed by atoms with van der Waals surface area (Å²) in [6.45, 7) is 9.45. The summed E-state index contributed by atoms with van der Waals surface area (Å²) in [7, 11) is 0. The summed E-state index contributed by atoms with van der Waals surface area (Å²) in [6, 6.07) is 9.70. The molecule has 0 N–H and O–H groups in total. The lowest BCUT2D eigenvalue weighted by molar-refractivity contribution is -0.151. The van der Waals surface area contributed by atoms with Gasteiger partial charge in [0.25, 0.3) is 11.8 Å². The smallest absolute Gasteiger partial charge is 0.309 e. The van der Waals surface area contributed by atoms with Crippen LogP contribution in [0, 0.1) is 12.8 Å². The van der Waals surface area contributed by atoms with Gasteiger partial charge >= 0.3 is 5.97 Å². The number of piperidine rings is 1. The van der Waals surface area contributed by atoms with Gasteiger partial charge in [-0.2, -0.15) is 5.10 Å². The molecule has 2 aliphatic rings. The number of amides is 3. The summed E-state index contributed by atoms with van der Waals surface area (Å²) in [5.74, 6) is -0.807. The van der Waals surface area contributed by atoms with Crippen molar-refractivity contribution in [2.24, 2.45) is 5.92 Å². The Morgan fingerprint density at radius 1 is 1.08 bits per heavy atom. The minimum absolute atomic E-state index is 0.0360. The van der Waals surface area contributed by atoms with Gasteiger partial charge in [-0.05, 0) is 45.6 Å². The standard InChI is InChI=1S/C29H39N5O5/c1-4-31(17-12-26(35)32-15-10-23(11-16-32)29(38)39-5-2)27(36)24-19-25-28(37)33(13-7-14-34(25)30-24)20-22-9-6-8-21(3)18-22/h6,8-9,18-19,23H,4-5,7,10-17,20H2,1-3H3. The number of ether oxygens (including phenoxy) is 1. The molecule has 1 fully saturated rings. The molecule has 3 amide bonds. The average molecular weight is 538 g/mol. The highest BCUT2D eigenvalue weighted by atomic mass is 16.5. The van der Waals surface area contributed by atoms with Crippen LogP contribution in [0.2, 0.25) is 0 Å². The van der Waals surface area contributed by atoms with Crippen molar-refractivity contribution in [3.63, 3.8) is 0 Å². The van der Waals surface area contributed by atoms with Crippen molar-refractivity contribution in [3.8, 4) is 0 Å². The lowest BCUT2D eigenvalue weighted by Gasteiger charge is -2.31. The van der Waals surface area contributed by atoms with Crippen LogP contribution in [0.4, 0.5) is 0 Å². The van der Waals surface area contributed by atoms with Crippen LogP contribution < -0.4 is 0 Å². The number of benzene rings is 1. The maximum Gasteiger partial charge on any atom is 0.309 e. The first-order chi connectivity index (χ1) is 18.8. The van der Waals surface area contributed by atoms with Crippen LogP contribution in [-0.4, -0.2) is 87.5 Å². The third-order valence-electron chi connectivity index (χ3n) is 7.49. The van der Waals surface area contributed by atoms with Crippen molar-refractivity contribution in [2.75, 3.05) is 39.3 Å². The van der Waals surface area contributed by atoms with Gasteiger partial charge < -0.3 is 19.4 Å². The Bertz CT molecular complexity index is 1200. The Morgan fingerprint density at radius 3 is 2.54 bits per heavy atom. The second-order valence-electron chi connectivity index (χ2n) is 10.2. The zero-order chi connectivity index (χ0) is 27.9. The fourth-order valence-electron chi connectivity index (χ4n) is 5.30. The SMILES string of the molecule is CCOC(=O)C1CCN(C(=O)CCN(CC)C(=O)c2cc3n(n2)CCCN(Cc2cccc(C)c2)C3=O)CC1. The molecule has 0 saturated carbocycles. The zero-order valence-corrected chi connectivity index (χ0v) is 23.2. The fraction of sp³-hybridized carbons (Fsp3) is 0.552. The molecule has 1 aromatic carbocycles. The molecule has 2 aromatic rings. The number of carbonyl (C=O) groups excluding carboxylic acids is 4. The summed E-state index contributed by atoms with van der Waals surface area (Å²) in [5, 5.41) is 4.48. The van der Waals surface area contributed by atoms with Crippen LogP contribution >= 0.6 is 0 Å². The van der Waals surface area contributed by atoms with Gasteiger partial charge in [-0.1, -0.05) is 29.8 Å². The highest BCUT2D eigenvalue weighted by molar-refractivity contribution is 5.98. The number of aryl methyl sites for hydroxylation is 2. The Labute approximate surface area is 229 Å². The second-order valence-corrected chi connectivity index (χ2v) is 10.2. The number of rotatable bonds is 9. The molecule has 0 atom stereocenters. The van der Waals surface area contributed by atoms with E-state index < -0.39 is 0 Å².